The maximum absolute atomic E-state index is 13.9. The summed E-state index contributed by atoms with van der Waals surface area (Å²) in [4.78, 5) is 43.6. The fourth-order valence-electron chi connectivity index (χ4n) is 5.11. The second-order valence-electron chi connectivity index (χ2n) is 9.42. The van der Waals surface area contributed by atoms with E-state index >= 15 is 0 Å². The third-order valence-electron chi connectivity index (χ3n) is 7.11. The second kappa shape index (κ2) is 12.8. The van der Waals surface area contributed by atoms with Crippen LogP contribution in [-0.4, -0.2) is 99.6 Å². The molecule has 2 aromatic rings. The van der Waals surface area contributed by atoms with E-state index < -0.39 is 11.7 Å². The van der Waals surface area contributed by atoms with Crippen molar-refractivity contribution in [1.82, 2.24) is 30.1 Å². The second-order valence-corrected chi connectivity index (χ2v) is 10.5. The van der Waals surface area contributed by atoms with Crippen molar-refractivity contribution in [2.24, 2.45) is 0 Å². The first-order valence-corrected chi connectivity index (χ1v) is 13.8. The van der Waals surface area contributed by atoms with Crippen LogP contribution < -0.4 is 16.0 Å². The number of nitrogens with zero attached hydrogens (tertiary/aromatic N) is 6. The molecule has 212 valence electrons. The molecule has 4 heterocycles. The van der Waals surface area contributed by atoms with E-state index in [0.29, 0.717) is 32.0 Å². The normalized spacial score (nSPS) is 18.9. The monoisotopic (exact) mass is 602 g/mol. The number of aliphatic hydroxyl groups is 1. The van der Waals surface area contributed by atoms with E-state index in [1.165, 1.54) is 0 Å². The van der Waals surface area contributed by atoms with Gasteiger partial charge >= 0.3 is 0 Å². The van der Waals surface area contributed by atoms with Gasteiger partial charge in [0.2, 0.25) is 0 Å². The fourth-order valence-corrected chi connectivity index (χ4v) is 5.76. The predicted octanol–water partition coefficient (Wildman–Crippen LogP) is 2.48. The molecule has 4 N–H and O–H groups in total. The number of carbonyl (C=O) groups is 2. The van der Waals surface area contributed by atoms with Crippen LogP contribution in [0.4, 0.5) is 16.0 Å². The van der Waals surface area contributed by atoms with Crippen LogP contribution in [0, 0.1) is 5.82 Å². The lowest BCUT2D eigenvalue weighted by Gasteiger charge is -2.47. The zero-order chi connectivity index (χ0) is 28.3. The van der Waals surface area contributed by atoms with Gasteiger partial charge in [-0.15, -0.1) is 0 Å². The van der Waals surface area contributed by atoms with E-state index in [4.69, 9.17) is 45.6 Å². The minimum absolute atomic E-state index is 0.00576. The number of carbonyl (C=O) groups excluding carboxylic acids is 2. The number of rotatable bonds is 7. The van der Waals surface area contributed by atoms with Gasteiger partial charge in [0.15, 0.2) is 33.5 Å². The Morgan fingerprint density at radius 3 is 2.49 bits per heavy atom. The summed E-state index contributed by atoms with van der Waals surface area (Å²) >= 11 is 18.1. The van der Waals surface area contributed by atoms with Gasteiger partial charge < -0.3 is 26.0 Å². The van der Waals surface area contributed by atoms with Gasteiger partial charge in [0.1, 0.15) is 5.15 Å². The summed E-state index contributed by atoms with van der Waals surface area (Å²) in [5, 5.41) is 11.0. The molecule has 0 spiro atoms. The van der Waals surface area contributed by atoms with E-state index in [-0.39, 0.29) is 63.7 Å². The summed E-state index contributed by atoms with van der Waals surface area (Å²) in [7, 11) is 0. The molecular formula is C24H30Cl3FN8O3. The van der Waals surface area contributed by atoms with Crippen LogP contribution in [0.1, 0.15) is 47.0 Å². The molecule has 1 atom stereocenters. The molecule has 2 amide bonds. The molecular weight excluding hydrogens is 574 g/mol. The van der Waals surface area contributed by atoms with Crippen molar-refractivity contribution in [2.75, 3.05) is 56.5 Å². The van der Waals surface area contributed by atoms with Crippen LogP contribution in [0.3, 0.4) is 0 Å². The lowest BCUT2D eigenvalue weighted by Crippen LogP contribution is -2.58. The molecule has 0 aliphatic carbocycles. The van der Waals surface area contributed by atoms with Crippen LogP contribution in [0.25, 0.3) is 0 Å². The van der Waals surface area contributed by atoms with Crippen LogP contribution in [-0.2, 0) is 0 Å². The van der Waals surface area contributed by atoms with E-state index in [1.807, 2.05) is 4.90 Å². The highest BCUT2D eigenvalue weighted by Crippen LogP contribution is 2.30. The molecule has 0 unspecified atom stereocenters. The number of aromatic nitrogens is 3. The topological polar surface area (TPSA) is 141 Å². The van der Waals surface area contributed by atoms with Gasteiger partial charge in [0.25, 0.3) is 11.8 Å². The van der Waals surface area contributed by atoms with Gasteiger partial charge in [-0.3, -0.25) is 14.5 Å². The van der Waals surface area contributed by atoms with Crippen molar-refractivity contribution in [3.63, 3.8) is 0 Å². The number of nitrogens with two attached hydrogens (primary N) is 1. The average molecular weight is 604 g/mol. The smallest absolute Gasteiger partial charge is 0.273 e. The Labute approximate surface area is 240 Å². The number of nitrogens with one attached hydrogen (secondary N) is 1. The summed E-state index contributed by atoms with van der Waals surface area (Å²) in [6.07, 6.45) is 2.40. The molecule has 0 aromatic carbocycles. The first kappa shape index (κ1) is 29.5. The van der Waals surface area contributed by atoms with Crippen LogP contribution in [0.15, 0.2) is 6.07 Å². The third-order valence-corrected chi connectivity index (χ3v) is 7.92. The van der Waals surface area contributed by atoms with E-state index in [2.05, 4.69) is 32.1 Å². The van der Waals surface area contributed by atoms with Crippen molar-refractivity contribution >= 4 is 58.3 Å². The lowest BCUT2D eigenvalue weighted by molar-refractivity contribution is 0.0490. The standard InChI is InChI=1S/C24H30Cl3FN8O3/c1-2-13-12-35(22-20(27)31-17(21(29)33-22)23(38)30-5-10-37)8-9-36(13)14-3-6-34(7-4-14)24(39)15-11-16(28)19(26)32-18(15)25/h11,13-14,37H,2-10,12H2,1H3,(H2,29,33)(H,30,38)/t13-/m0/s1. The highest BCUT2D eigenvalue weighted by atomic mass is 35.5. The molecule has 0 saturated carbocycles. The summed E-state index contributed by atoms with van der Waals surface area (Å²) in [6.45, 7) is 5.00. The average Bonchev–Trinajstić information content (AvgIpc) is 2.94. The first-order chi connectivity index (χ1) is 18.6. The van der Waals surface area contributed by atoms with E-state index in [1.54, 1.807) is 4.90 Å². The Bertz CT molecular complexity index is 1230. The molecule has 2 aliphatic rings. The number of amides is 2. The number of piperidine rings is 1. The Balaban J connectivity index is 1.39. The largest absolute Gasteiger partial charge is 0.395 e. The maximum Gasteiger partial charge on any atom is 0.273 e. The number of nitrogen functional groups attached to an aromatic ring is 1. The fraction of sp³-hybridized carbons (Fsp3) is 0.542. The molecule has 15 heteroatoms. The van der Waals surface area contributed by atoms with Gasteiger partial charge in [-0.05, 0) is 25.3 Å². The molecule has 2 fully saturated rings. The van der Waals surface area contributed by atoms with Crippen molar-refractivity contribution in [2.45, 2.75) is 38.3 Å². The van der Waals surface area contributed by atoms with Gasteiger partial charge in [0.05, 0.1) is 12.2 Å². The van der Waals surface area contributed by atoms with Crippen molar-refractivity contribution in [3.05, 3.63) is 38.6 Å². The number of anilines is 2. The zero-order valence-electron chi connectivity index (χ0n) is 21.3. The van der Waals surface area contributed by atoms with Crippen LogP contribution in [0.5, 0.6) is 0 Å². The number of halogens is 4. The van der Waals surface area contributed by atoms with E-state index in [0.717, 1.165) is 31.9 Å². The van der Waals surface area contributed by atoms with Crippen molar-refractivity contribution < 1.29 is 19.1 Å². The van der Waals surface area contributed by atoms with Gasteiger partial charge in [0, 0.05) is 51.4 Å². The minimum atomic E-state index is -0.783. The molecule has 2 saturated heterocycles. The molecule has 0 radical (unpaired) electrons. The molecule has 2 aliphatic heterocycles. The Kier molecular flexibility index (Phi) is 9.65. The number of piperazine rings is 1. The molecule has 0 bridgehead atoms. The maximum atomic E-state index is 13.9. The van der Waals surface area contributed by atoms with Crippen LogP contribution >= 0.6 is 34.8 Å². The zero-order valence-corrected chi connectivity index (χ0v) is 23.6. The van der Waals surface area contributed by atoms with E-state index in [9.17, 15) is 14.0 Å². The first-order valence-electron chi connectivity index (χ1n) is 12.7. The number of hydrogen-bond donors (Lipinski definition) is 3. The minimum Gasteiger partial charge on any atom is -0.395 e. The van der Waals surface area contributed by atoms with Gasteiger partial charge in [-0.2, -0.15) is 0 Å². The third kappa shape index (κ3) is 6.46. The van der Waals surface area contributed by atoms with Crippen LogP contribution in [0.2, 0.25) is 15.5 Å². The summed E-state index contributed by atoms with van der Waals surface area (Å²) in [5.74, 6) is -1.31. The lowest BCUT2D eigenvalue weighted by atomic mass is 9.97. The molecule has 2 aromatic heterocycles. The number of likely N-dealkylation sites (tertiary alicyclic amines) is 1. The number of hydrogen-bond acceptors (Lipinski definition) is 9. The Morgan fingerprint density at radius 2 is 1.82 bits per heavy atom. The summed E-state index contributed by atoms with van der Waals surface area (Å²) in [5.41, 5.74) is 5.95. The highest BCUT2D eigenvalue weighted by molar-refractivity contribution is 6.34. The number of pyridine rings is 1. The Hall–Kier alpha value is -2.51. The molecule has 11 nitrogen and oxygen atoms in total. The quantitative estimate of drug-likeness (QED) is 0.407. The molecule has 39 heavy (non-hydrogen) atoms. The van der Waals surface area contributed by atoms with Gasteiger partial charge in [-0.1, -0.05) is 41.7 Å². The summed E-state index contributed by atoms with van der Waals surface area (Å²) in [6, 6.07) is 1.50. The Morgan fingerprint density at radius 1 is 1.10 bits per heavy atom. The predicted molar refractivity (Wildman–Crippen MR) is 147 cm³/mol. The van der Waals surface area contributed by atoms with Crippen molar-refractivity contribution in [3.8, 4) is 0 Å². The van der Waals surface area contributed by atoms with Crippen molar-refractivity contribution in [1.29, 1.82) is 0 Å². The highest BCUT2D eigenvalue weighted by Gasteiger charge is 2.35. The van der Waals surface area contributed by atoms with Gasteiger partial charge in [-0.25, -0.2) is 19.3 Å². The SMILES string of the molecule is CC[C@H]1CN(c2nc(N)c(C(=O)NCCO)nc2Cl)CCN1C1CCN(C(=O)c2cc(F)c(Cl)nc2Cl)CC1. The summed E-state index contributed by atoms with van der Waals surface area (Å²) < 4.78 is 13.9. The number of aliphatic hydroxyl groups excluding tert-OH is 1. The molecule has 4 rings (SSSR count).